The molecule has 0 aliphatic carbocycles. The Morgan fingerprint density at radius 1 is 1.33 bits per heavy atom. The van der Waals surface area contributed by atoms with Crippen LogP contribution in [0, 0.1) is 5.41 Å². The smallest absolute Gasteiger partial charge is 0.105 e. The molecular formula is C11H19B. The van der Waals surface area contributed by atoms with Crippen LogP contribution >= 0.6 is 0 Å². The van der Waals surface area contributed by atoms with Gasteiger partial charge in [0, 0.05) is 0 Å². The van der Waals surface area contributed by atoms with E-state index in [4.69, 9.17) is 0 Å². The Morgan fingerprint density at radius 3 is 2.17 bits per heavy atom. The predicted octanol–water partition coefficient (Wildman–Crippen LogP) is 2.68. The number of hydrogen-bond acceptors (Lipinski definition) is 0. The average Bonchev–Trinajstić information content (AvgIpc) is 1.84. The summed E-state index contributed by atoms with van der Waals surface area (Å²) in [5.41, 5.74) is 2.76. The van der Waals surface area contributed by atoms with E-state index in [1.165, 1.54) is 5.47 Å². The van der Waals surface area contributed by atoms with E-state index in [9.17, 15) is 0 Å². The van der Waals surface area contributed by atoms with Crippen molar-refractivity contribution in [2.45, 2.75) is 27.7 Å². The molecule has 0 aromatic rings. The van der Waals surface area contributed by atoms with E-state index >= 15 is 0 Å². The van der Waals surface area contributed by atoms with Gasteiger partial charge in [0.15, 0.2) is 0 Å². The minimum absolute atomic E-state index is 0.277. The lowest BCUT2D eigenvalue weighted by Gasteiger charge is -2.19. The van der Waals surface area contributed by atoms with E-state index in [1.807, 2.05) is 13.0 Å². The molecule has 12 heavy (non-hydrogen) atoms. The molecule has 0 bridgehead atoms. The van der Waals surface area contributed by atoms with Crippen LogP contribution in [0.15, 0.2) is 35.9 Å². The first-order valence-corrected chi connectivity index (χ1v) is 4.35. The third-order valence-corrected chi connectivity index (χ3v) is 1.91. The molecule has 66 valence electrons. The molecule has 0 aromatic carbocycles. The van der Waals surface area contributed by atoms with Crippen LogP contribution in [0.3, 0.4) is 0 Å². The van der Waals surface area contributed by atoms with E-state index in [1.54, 1.807) is 0 Å². The van der Waals surface area contributed by atoms with Crippen LogP contribution in [0.1, 0.15) is 27.7 Å². The van der Waals surface area contributed by atoms with Crippen molar-refractivity contribution in [2.24, 2.45) is 5.41 Å². The molecule has 0 aromatic heterocycles. The molecule has 0 rings (SSSR count). The first kappa shape index (κ1) is 11.3. The summed E-state index contributed by atoms with van der Waals surface area (Å²) in [4.78, 5) is 0. The molecule has 0 unspecified atom stereocenters. The second-order valence-corrected chi connectivity index (χ2v) is 4.31. The Labute approximate surface area is 77.5 Å². The topological polar surface area (TPSA) is 0 Å². The molecule has 0 aliphatic rings. The maximum atomic E-state index is 3.80. The van der Waals surface area contributed by atoms with Crippen molar-refractivity contribution in [1.82, 2.24) is 0 Å². The van der Waals surface area contributed by atoms with Gasteiger partial charge in [-0.15, -0.1) is 5.47 Å². The monoisotopic (exact) mass is 162 g/mol. The van der Waals surface area contributed by atoms with Crippen LogP contribution in [-0.2, 0) is 0 Å². The van der Waals surface area contributed by atoms with Crippen LogP contribution < -0.4 is 0 Å². The van der Waals surface area contributed by atoms with Gasteiger partial charge >= 0.3 is 0 Å². The molecule has 0 amide bonds. The molecule has 0 saturated carbocycles. The van der Waals surface area contributed by atoms with E-state index in [0.717, 1.165) is 5.57 Å². The minimum Gasteiger partial charge on any atom is -0.105 e. The molecule has 0 fully saturated rings. The maximum Gasteiger partial charge on any atom is 0.134 e. The summed E-state index contributed by atoms with van der Waals surface area (Å²) in [5.74, 6) is 0. The fraction of sp³-hybridized carbons (Fsp3) is 0.455. The lowest BCUT2D eigenvalue weighted by molar-refractivity contribution is 0.530. The first-order valence-electron chi connectivity index (χ1n) is 4.35. The second-order valence-electron chi connectivity index (χ2n) is 4.31. The standard InChI is InChI=1S/C11H19B/c1-9(2)7-6-8-10(12)11(3,4)5/h6-8H,1,12H2,2-5H3/b7-6-,10-8+. The Bertz CT molecular complexity index is 214. The summed E-state index contributed by atoms with van der Waals surface area (Å²) in [5, 5.41) is 0. The Hall–Kier alpha value is -0.715. The van der Waals surface area contributed by atoms with Crippen molar-refractivity contribution in [3.8, 4) is 0 Å². The van der Waals surface area contributed by atoms with Gasteiger partial charge in [-0.25, -0.2) is 0 Å². The molecule has 0 atom stereocenters. The van der Waals surface area contributed by atoms with Gasteiger partial charge in [0.2, 0.25) is 0 Å². The van der Waals surface area contributed by atoms with Crippen molar-refractivity contribution in [2.75, 3.05) is 0 Å². The lowest BCUT2D eigenvalue weighted by atomic mass is 9.74. The van der Waals surface area contributed by atoms with Gasteiger partial charge in [-0.1, -0.05) is 51.2 Å². The third-order valence-electron chi connectivity index (χ3n) is 1.91. The van der Waals surface area contributed by atoms with E-state index in [0.29, 0.717) is 0 Å². The number of rotatable bonds is 2. The largest absolute Gasteiger partial charge is 0.134 e. The van der Waals surface area contributed by atoms with Gasteiger partial charge in [0.05, 0.1) is 0 Å². The number of allylic oxidation sites excluding steroid dienone is 5. The zero-order valence-electron chi connectivity index (χ0n) is 8.94. The van der Waals surface area contributed by atoms with Gasteiger partial charge < -0.3 is 0 Å². The summed E-state index contributed by atoms with van der Waals surface area (Å²) >= 11 is 0. The van der Waals surface area contributed by atoms with Gasteiger partial charge in [-0.2, -0.15) is 0 Å². The van der Waals surface area contributed by atoms with Crippen LogP contribution in [0.4, 0.5) is 0 Å². The molecule has 0 aliphatic heterocycles. The SMILES string of the molecule is B/C(=C/C=C\C(=C)C)C(C)(C)C. The Kier molecular flexibility index (Phi) is 4.09. The van der Waals surface area contributed by atoms with Crippen LogP contribution in [0.25, 0.3) is 0 Å². The van der Waals surface area contributed by atoms with Gasteiger partial charge in [-0.05, 0) is 12.3 Å². The van der Waals surface area contributed by atoms with E-state index in [2.05, 4.69) is 47.3 Å². The van der Waals surface area contributed by atoms with Gasteiger partial charge in [0.25, 0.3) is 0 Å². The molecule has 0 heterocycles. The fourth-order valence-corrected chi connectivity index (χ4v) is 0.607. The quantitative estimate of drug-likeness (QED) is 0.432. The van der Waals surface area contributed by atoms with Crippen molar-refractivity contribution in [3.63, 3.8) is 0 Å². The molecule has 1 heteroatoms. The molecule has 0 radical (unpaired) electrons. The van der Waals surface area contributed by atoms with Crippen LogP contribution in [-0.4, -0.2) is 7.85 Å². The lowest BCUT2D eigenvalue weighted by Crippen LogP contribution is -2.08. The molecule has 0 saturated heterocycles. The second kappa shape index (κ2) is 4.35. The maximum absolute atomic E-state index is 3.80. The van der Waals surface area contributed by atoms with Gasteiger partial charge in [0.1, 0.15) is 7.85 Å². The molecule has 0 spiro atoms. The number of hydrogen-bond donors (Lipinski definition) is 0. The highest BCUT2D eigenvalue weighted by Crippen LogP contribution is 2.21. The fourth-order valence-electron chi connectivity index (χ4n) is 0.607. The highest BCUT2D eigenvalue weighted by molar-refractivity contribution is 6.22. The summed E-state index contributed by atoms with van der Waals surface area (Å²) in [6.07, 6.45) is 6.23. The van der Waals surface area contributed by atoms with E-state index < -0.39 is 0 Å². The molecule has 0 N–H and O–H groups in total. The zero-order valence-corrected chi connectivity index (χ0v) is 8.94. The zero-order chi connectivity index (χ0) is 9.78. The van der Waals surface area contributed by atoms with Crippen LogP contribution in [0.2, 0.25) is 0 Å². The highest BCUT2D eigenvalue weighted by Gasteiger charge is 2.10. The Balaban J connectivity index is 4.29. The van der Waals surface area contributed by atoms with Crippen molar-refractivity contribution >= 4 is 7.85 Å². The van der Waals surface area contributed by atoms with Crippen molar-refractivity contribution < 1.29 is 0 Å². The Morgan fingerprint density at radius 2 is 1.83 bits per heavy atom. The molecular weight excluding hydrogens is 143 g/mol. The summed E-state index contributed by atoms with van der Waals surface area (Å²) in [6.45, 7) is 12.4. The normalized spacial score (nSPS) is 13.8. The van der Waals surface area contributed by atoms with Crippen molar-refractivity contribution in [1.29, 1.82) is 0 Å². The predicted molar refractivity (Wildman–Crippen MR) is 60.0 cm³/mol. The van der Waals surface area contributed by atoms with Gasteiger partial charge in [-0.3, -0.25) is 0 Å². The van der Waals surface area contributed by atoms with Crippen molar-refractivity contribution in [3.05, 3.63) is 35.9 Å². The summed E-state index contributed by atoms with van der Waals surface area (Å²) < 4.78 is 0. The average molecular weight is 162 g/mol. The summed E-state index contributed by atoms with van der Waals surface area (Å²) in [7, 11) is 2.16. The molecule has 0 nitrogen and oxygen atoms in total. The summed E-state index contributed by atoms with van der Waals surface area (Å²) in [6, 6.07) is 0. The third kappa shape index (κ3) is 5.00. The van der Waals surface area contributed by atoms with Crippen LogP contribution in [0.5, 0.6) is 0 Å². The van der Waals surface area contributed by atoms with E-state index in [-0.39, 0.29) is 5.41 Å². The minimum atomic E-state index is 0.277. The first-order chi connectivity index (χ1) is 5.34. The highest BCUT2D eigenvalue weighted by atomic mass is 14.1.